The van der Waals surface area contributed by atoms with E-state index in [9.17, 15) is 0 Å². The van der Waals surface area contributed by atoms with Crippen molar-refractivity contribution in [3.63, 3.8) is 0 Å². The molecule has 1 rings (SSSR count). The Kier molecular flexibility index (Phi) is 4.45. The van der Waals surface area contributed by atoms with Crippen LogP contribution >= 0.6 is 11.5 Å². The number of nitrogens with zero attached hydrogens (tertiary/aromatic N) is 2. The first-order valence-corrected chi connectivity index (χ1v) is 6.22. The molecule has 0 aromatic carbocycles. The molecule has 0 spiro atoms. The SMILES string of the molecule is CC#CCCC(N)c1snnc1C(C)(C)C. The second kappa shape index (κ2) is 5.42. The highest BCUT2D eigenvalue weighted by molar-refractivity contribution is 7.05. The van der Waals surface area contributed by atoms with Crippen LogP contribution < -0.4 is 5.73 Å². The van der Waals surface area contributed by atoms with E-state index in [0.717, 1.165) is 23.4 Å². The minimum Gasteiger partial charge on any atom is -0.323 e. The number of hydrogen-bond donors (Lipinski definition) is 1. The molecule has 1 heterocycles. The van der Waals surface area contributed by atoms with Crippen molar-refractivity contribution in [3.8, 4) is 11.8 Å². The molecular formula is C12H19N3S. The van der Waals surface area contributed by atoms with Crippen molar-refractivity contribution < 1.29 is 0 Å². The second-order valence-electron chi connectivity index (χ2n) is 4.81. The Morgan fingerprint density at radius 2 is 2.12 bits per heavy atom. The molecule has 1 atom stereocenters. The summed E-state index contributed by atoms with van der Waals surface area (Å²) >= 11 is 1.41. The van der Waals surface area contributed by atoms with E-state index >= 15 is 0 Å². The highest BCUT2D eigenvalue weighted by atomic mass is 32.1. The third-order valence-corrected chi connectivity index (χ3v) is 3.17. The molecule has 0 saturated carbocycles. The summed E-state index contributed by atoms with van der Waals surface area (Å²) in [6.07, 6.45) is 1.70. The predicted molar refractivity (Wildman–Crippen MR) is 68.2 cm³/mol. The number of hydrogen-bond acceptors (Lipinski definition) is 4. The molecule has 0 aliphatic rings. The van der Waals surface area contributed by atoms with Gasteiger partial charge in [0.05, 0.1) is 10.6 Å². The highest BCUT2D eigenvalue weighted by Gasteiger charge is 2.25. The molecule has 0 saturated heterocycles. The third-order valence-electron chi connectivity index (χ3n) is 2.32. The van der Waals surface area contributed by atoms with Gasteiger partial charge in [-0.1, -0.05) is 25.3 Å². The molecule has 1 aromatic heterocycles. The van der Waals surface area contributed by atoms with Gasteiger partial charge in [0, 0.05) is 17.9 Å². The Bertz CT molecular complexity index is 392. The van der Waals surface area contributed by atoms with Crippen LogP contribution in [0.4, 0.5) is 0 Å². The Morgan fingerprint density at radius 1 is 1.44 bits per heavy atom. The van der Waals surface area contributed by atoms with Gasteiger partial charge < -0.3 is 5.73 Å². The smallest absolute Gasteiger partial charge is 0.0856 e. The minimum absolute atomic E-state index is 0.00933. The quantitative estimate of drug-likeness (QED) is 0.822. The molecule has 0 aliphatic carbocycles. The summed E-state index contributed by atoms with van der Waals surface area (Å²) in [4.78, 5) is 1.10. The maximum absolute atomic E-state index is 6.14. The Balaban J connectivity index is 2.78. The summed E-state index contributed by atoms with van der Waals surface area (Å²) in [5.74, 6) is 5.91. The standard InChI is InChI=1S/C12H19N3S/c1-5-6-7-8-9(13)10-11(12(2,3)4)14-15-16-10/h9H,7-8,13H2,1-4H3. The molecule has 88 valence electrons. The molecule has 1 aromatic rings. The van der Waals surface area contributed by atoms with E-state index in [1.807, 2.05) is 6.92 Å². The van der Waals surface area contributed by atoms with Crippen LogP contribution in [0.2, 0.25) is 0 Å². The summed E-state index contributed by atoms with van der Waals surface area (Å²) in [6.45, 7) is 8.24. The average molecular weight is 237 g/mol. The average Bonchev–Trinajstić information content (AvgIpc) is 2.65. The van der Waals surface area contributed by atoms with Crippen molar-refractivity contribution in [2.45, 2.75) is 52.0 Å². The van der Waals surface area contributed by atoms with Crippen LogP contribution in [0.1, 0.15) is 57.1 Å². The fraction of sp³-hybridized carbons (Fsp3) is 0.667. The van der Waals surface area contributed by atoms with Crippen LogP contribution in [0.5, 0.6) is 0 Å². The van der Waals surface area contributed by atoms with E-state index in [0.29, 0.717) is 0 Å². The van der Waals surface area contributed by atoms with Crippen molar-refractivity contribution in [3.05, 3.63) is 10.6 Å². The van der Waals surface area contributed by atoms with Gasteiger partial charge in [-0.3, -0.25) is 0 Å². The van der Waals surface area contributed by atoms with Crippen LogP contribution in [-0.2, 0) is 5.41 Å². The normalized spacial score (nSPS) is 13.1. The molecular weight excluding hydrogens is 218 g/mol. The van der Waals surface area contributed by atoms with Crippen LogP contribution in [0.3, 0.4) is 0 Å². The summed E-state index contributed by atoms with van der Waals surface area (Å²) in [5.41, 5.74) is 7.17. The lowest BCUT2D eigenvalue weighted by Gasteiger charge is -2.18. The predicted octanol–water partition coefficient (Wildman–Crippen LogP) is 2.64. The lowest BCUT2D eigenvalue weighted by atomic mass is 9.89. The molecule has 16 heavy (non-hydrogen) atoms. The summed E-state index contributed by atoms with van der Waals surface area (Å²) in [7, 11) is 0. The zero-order valence-electron chi connectivity index (χ0n) is 10.4. The Morgan fingerprint density at radius 3 is 2.69 bits per heavy atom. The maximum Gasteiger partial charge on any atom is 0.0856 e. The molecule has 3 nitrogen and oxygen atoms in total. The largest absolute Gasteiger partial charge is 0.323 e. The monoisotopic (exact) mass is 237 g/mol. The third kappa shape index (κ3) is 3.29. The zero-order valence-corrected chi connectivity index (χ0v) is 11.2. The first kappa shape index (κ1) is 13.1. The van der Waals surface area contributed by atoms with Crippen molar-refractivity contribution in [2.24, 2.45) is 5.73 Å². The Labute approximate surface area is 102 Å². The van der Waals surface area contributed by atoms with Gasteiger partial charge >= 0.3 is 0 Å². The van der Waals surface area contributed by atoms with Gasteiger partial charge in [-0.05, 0) is 24.9 Å². The van der Waals surface area contributed by atoms with Crippen molar-refractivity contribution in [1.82, 2.24) is 9.59 Å². The summed E-state index contributed by atoms with van der Waals surface area (Å²) < 4.78 is 4.01. The van der Waals surface area contributed by atoms with Crippen molar-refractivity contribution >= 4 is 11.5 Å². The zero-order chi connectivity index (χ0) is 12.2. The second-order valence-corrected chi connectivity index (χ2v) is 5.59. The van der Waals surface area contributed by atoms with Gasteiger partial charge in [0.1, 0.15) is 0 Å². The van der Waals surface area contributed by atoms with Crippen LogP contribution in [0, 0.1) is 11.8 Å². The fourth-order valence-electron chi connectivity index (χ4n) is 1.44. The lowest BCUT2D eigenvalue weighted by Crippen LogP contribution is -2.18. The molecule has 0 radical (unpaired) electrons. The van der Waals surface area contributed by atoms with E-state index in [-0.39, 0.29) is 11.5 Å². The van der Waals surface area contributed by atoms with Crippen molar-refractivity contribution in [1.29, 1.82) is 0 Å². The molecule has 0 fully saturated rings. The van der Waals surface area contributed by atoms with E-state index < -0.39 is 0 Å². The van der Waals surface area contributed by atoms with Gasteiger partial charge in [-0.15, -0.1) is 16.9 Å². The van der Waals surface area contributed by atoms with E-state index in [2.05, 4.69) is 42.2 Å². The molecule has 0 amide bonds. The van der Waals surface area contributed by atoms with Crippen LogP contribution in [0.15, 0.2) is 0 Å². The van der Waals surface area contributed by atoms with Crippen LogP contribution in [-0.4, -0.2) is 9.59 Å². The molecule has 4 heteroatoms. The summed E-state index contributed by atoms with van der Waals surface area (Å²) in [6, 6.07) is 0.00933. The van der Waals surface area contributed by atoms with Crippen LogP contribution in [0.25, 0.3) is 0 Å². The van der Waals surface area contributed by atoms with Gasteiger partial charge in [0.2, 0.25) is 0 Å². The highest BCUT2D eigenvalue weighted by Crippen LogP contribution is 2.30. The van der Waals surface area contributed by atoms with Gasteiger partial charge in [0.25, 0.3) is 0 Å². The first-order valence-electron chi connectivity index (χ1n) is 5.44. The number of nitrogens with two attached hydrogens (primary N) is 1. The Hall–Kier alpha value is -0.920. The molecule has 0 aliphatic heterocycles. The van der Waals surface area contributed by atoms with E-state index in [1.54, 1.807) is 0 Å². The topological polar surface area (TPSA) is 51.8 Å². The van der Waals surface area contributed by atoms with Gasteiger partial charge in [-0.2, -0.15) is 0 Å². The molecule has 2 N–H and O–H groups in total. The summed E-state index contributed by atoms with van der Waals surface area (Å²) in [5, 5.41) is 4.19. The first-order chi connectivity index (χ1) is 7.46. The van der Waals surface area contributed by atoms with Gasteiger partial charge in [0.15, 0.2) is 0 Å². The van der Waals surface area contributed by atoms with E-state index in [1.165, 1.54) is 11.5 Å². The molecule has 1 unspecified atom stereocenters. The minimum atomic E-state index is 0.00933. The van der Waals surface area contributed by atoms with E-state index in [4.69, 9.17) is 5.73 Å². The molecule has 0 bridgehead atoms. The maximum atomic E-state index is 6.14. The van der Waals surface area contributed by atoms with Gasteiger partial charge in [-0.25, -0.2) is 0 Å². The fourth-order valence-corrected chi connectivity index (χ4v) is 2.34. The number of aromatic nitrogens is 2. The van der Waals surface area contributed by atoms with Crippen molar-refractivity contribution in [2.75, 3.05) is 0 Å². The lowest BCUT2D eigenvalue weighted by molar-refractivity contribution is 0.546. The number of rotatable bonds is 3.